The van der Waals surface area contributed by atoms with Crippen molar-refractivity contribution in [2.45, 2.75) is 16.3 Å². The number of nitrogens with two attached hydrogens (primary N) is 1. The second kappa shape index (κ2) is 3.89. The van der Waals surface area contributed by atoms with Gasteiger partial charge in [0.25, 0.3) is 0 Å². The molecule has 2 N–H and O–H groups in total. The Hall–Kier alpha value is -1.21. The van der Waals surface area contributed by atoms with Gasteiger partial charge in [0.15, 0.2) is 4.34 Å². The predicted molar refractivity (Wildman–Crippen MR) is 55.2 cm³/mol. The predicted octanol–water partition coefficient (Wildman–Crippen LogP) is 1.37. The van der Waals surface area contributed by atoms with Gasteiger partial charge in [-0.25, -0.2) is 9.97 Å². The summed E-state index contributed by atoms with van der Waals surface area (Å²) < 4.78 is 0.792. The number of rotatable bonds is 2. The second-order valence-electron chi connectivity index (χ2n) is 2.51. The third kappa shape index (κ3) is 2.18. The molecule has 0 bridgehead atoms. The zero-order valence-electron chi connectivity index (χ0n) is 7.34. The summed E-state index contributed by atoms with van der Waals surface area (Å²) in [4.78, 5) is 8.10. The summed E-state index contributed by atoms with van der Waals surface area (Å²) in [5, 5.41) is 8.93. The number of hydrogen-bond donors (Lipinski definition) is 1. The van der Waals surface area contributed by atoms with Crippen LogP contribution in [0.2, 0.25) is 0 Å². The highest BCUT2D eigenvalue weighted by Crippen LogP contribution is 2.29. The van der Waals surface area contributed by atoms with Crippen LogP contribution in [0, 0.1) is 6.92 Å². The van der Waals surface area contributed by atoms with Crippen LogP contribution in [0.5, 0.6) is 0 Å². The first-order valence-corrected chi connectivity index (χ1v) is 5.43. The third-order valence-electron chi connectivity index (χ3n) is 1.39. The summed E-state index contributed by atoms with van der Waals surface area (Å²) in [6.45, 7) is 1.92. The summed E-state index contributed by atoms with van der Waals surface area (Å²) in [6, 6.07) is 1.89. The van der Waals surface area contributed by atoms with Crippen LogP contribution in [0.25, 0.3) is 0 Å². The molecule has 5 nitrogen and oxygen atoms in total. The number of nitrogens with zero attached hydrogens (tertiary/aromatic N) is 4. The lowest BCUT2D eigenvalue weighted by Gasteiger charge is -1.95. The molecule has 7 heteroatoms. The quantitative estimate of drug-likeness (QED) is 0.778. The lowest BCUT2D eigenvalue weighted by molar-refractivity contribution is 0.988. The van der Waals surface area contributed by atoms with Crippen LogP contribution in [-0.4, -0.2) is 20.2 Å². The Morgan fingerprint density at radius 1 is 1.36 bits per heavy atom. The normalized spacial score (nSPS) is 10.4. The van der Waals surface area contributed by atoms with Gasteiger partial charge in [-0.1, -0.05) is 11.3 Å². The van der Waals surface area contributed by atoms with Gasteiger partial charge >= 0.3 is 0 Å². The van der Waals surface area contributed by atoms with E-state index < -0.39 is 0 Å². The topological polar surface area (TPSA) is 77.6 Å². The summed E-state index contributed by atoms with van der Waals surface area (Å²) in [5.41, 5.74) is 6.39. The number of anilines is 1. The van der Waals surface area contributed by atoms with Gasteiger partial charge < -0.3 is 5.73 Å². The highest BCUT2D eigenvalue weighted by atomic mass is 32.2. The van der Waals surface area contributed by atoms with Crippen molar-refractivity contribution < 1.29 is 0 Å². The minimum Gasteiger partial charge on any atom is -0.374 e. The van der Waals surface area contributed by atoms with Gasteiger partial charge in [-0.2, -0.15) is 0 Å². The second-order valence-corrected chi connectivity index (χ2v) is 4.78. The summed E-state index contributed by atoms with van der Waals surface area (Å²) in [6.07, 6.45) is 1.53. The Balaban J connectivity index is 2.18. The van der Waals surface area contributed by atoms with E-state index in [4.69, 9.17) is 5.73 Å². The first kappa shape index (κ1) is 9.35. The molecule has 0 saturated heterocycles. The van der Waals surface area contributed by atoms with Crippen molar-refractivity contribution in [1.29, 1.82) is 0 Å². The fourth-order valence-electron chi connectivity index (χ4n) is 0.837. The highest BCUT2D eigenvalue weighted by Gasteiger charge is 2.04. The van der Waals surface area contributed by atoms with Crippen molar-refractivity contribution >= 4 is 28.2 Å². The zero-order valence-corrected chi connectivity index (χ0v) is 8.97. The lowest BCUT2D eigenvalue weighted by atomic mass is 10.5. The molecule has 0 saturated carbocycles. The minimum absolute atomic E-state index is 0.471. The zero-order chi connectivity index (χ0) is 9.97. The molecule has 0 spiro atoms. The average Bonchev–Trinajstić information content (AvgIpc) is 2.51. The fourth-order valence-corrected chi connectivity index (χ4v) is 2.45. The SMILES string of the molecule is Cc1cc(Sc2nnc(N)s2)ncn1. The van der Waals surface area contributed by atoms with E-state index >= 15 is 0 Å². The Kier molecular flexibility index (Phi) is 2.60. The molecule has 2 heterocycles. The largest absolute Gasteiger partial charge is 0.374 e. The van der Waals surface area contributed by atoms with Crippen LogP contribution in [0.1, 0.15) is 5.69 Å². The smallest absolute Gasteiger partial charge is 0.203 e. The number of nitrogen functional groups attached to an aromatic ring is 1. The average molecular weight is 225 g/mol. The van der Waals surface area contributed by atoms with Crippen LogP contribution in [0.4, 0.5) is 5.13 Å². The van der Waals surface area contributed by atoms with Crippen LogP contribution < -0.4 is 5.73 Å². The Morgan fingerprint density at radius 3 is 2.86 bits per heavy atom. The van der Waals surface area contributed by atoms with Gasteiger partial charge in [0.05, 0.1) is 0 Å². The van der Waals surface area contributed by atoms with E-state index in [-0.39, 0.29) is 0 Å². The molecule has 72 valence electrons. The summed E-state index contributed by atoms with van der Waals surface area (Å²) >= 11 is 2.78. The van der Waals surface area contributed by atoms with Crippen molar-refractivity contribution in [3.8, 4) is 0 Å². The van der Waals surface area contributed by atoms with E-state index in [1.165, 1.54) is 29.4 Å². The van der Waals surface area contributed by atoms with Gasteiger partial charge in [0.1, 0.15) is 11.4 Å². The molecule has 2 aromatic heterocycles. The van der Waals surface area contributed by atoms with Crippen molar-refractivity contribution in [3.63, 3.8) is 0 Å². The Morgan fingerprint density at radius 2 is 2.21 bits per heavy atom. The maximum atomic E-state index is 5.46. The van der Waals surface area contributed by atoms with Crippen LogP contribution in [0.15, 0.2) is 21.8 Å². The summed E-state index contributed by atoms with van der Waals surface area (Å²) in [5.74, 6) is 0. The molecule has 0 aliphatic heterocycles. The Labute approximate surface area is 88.8 Å². The highest BCUT2D eigenvalue weighted by molar-refractivity contribution is 8.01. The Bertz CT molecular complexity index is 441. The van der Waals surface area contributed by atoms with Gasteiger partial charge in [-0.05, 0) is 24.8 Å². The molecule has 0 aromatic carbocycles. The van der Waals surface area contributed by atoms with Crippen molar-refractivity contribution in [2.24, 2.45) is 0 Å². The van der Waals surface area contributed by atoms with Crippen molar-refractivity contribution in [2.75, 3.05) is 5.73 Å². The first-order chi connectivity index (χ1) is 6.74. The molecule has 0 radical (unpaired) electrons. The molecule has 0 fully saturated rings. The monoisotopic (exact) mass is 225 g/mol. The van der Waals surface area contributed by atoms with E-state index in [9.17, 15) is 0 Å². The lowest BCUT2D eigenvalue weighted by Crippen LogP contribution is -1.85. The number of hydrogen-bond acceptors (Lipinski definition) is 7. The first-order valence-electron chi connectivity index (χ1n) is 3.79. The molecule has 2 rings (SSSR count). The molecule has 0 aliphatic rings. The maximum Gasteiger partial charge on any atom is 0.203 e. The molecule has 14 heavy (non-hydrogen) atoms. The maximum absolute atomic E-state index is 5.46. The van der Waals surface area contributed by atoms with Gasteiger partial charge in [0.2, 0.25) is 5.13 Å². The van der Waals surface area contributed by atoms with Gasteiger partial charge in [-0.15, -0.1) is 10.2 Å². The fraction of sp³-hybridized carbons (Fsp3) is 0.143. The molecule has 2 aromatic rings. The minimum atomic E-state index is 0.471. The molecule has 0 unspecified atom stereocenters. The molecular formula is C7H7N5S2. The van der Waals surface area contributed by atoms with Crippen molar-refractivity contribution in [3.05, 3.63) is 18.1 Å². The van der Waals surface area contributed by atoms with E-state index in [2.05, 4.69) is 20.2 Å². The molecule has 0 amide bonds. The standard InChI is InChI=1S/C7H7N5S2/c1-4-2-5(10-3-9-4)13-7-12-11-6(8)14-7/h2-3H,1H3,(H2,8,11). The van der Waals surface area contributed by atoms with Gasteiger partial charge in [-0.3, -0.25) is 0 Å². The molecule has 0 aliphatic carbocycles. The third-order valence-corrected chi connectivity index (χ3v) is 3.13. The molecule has 0 atom stereocenters. The van der Waals surface area contributed by atoms with E-state index in [0.717, 1.165) is 15.1 Å². The summed E-state index contributed by atoms with van der Waals surface area (Å²) in [7, 11) is 0. The molecular weight excluding hydrogens is 218 g/mol. The number of aromatic nitrogens is 4. The van der Waals surface area contributed by atoms with Crippen molar-refractivity contribution in [1.82, 2.24) is 20.2 Å². The van der Waals surface area contributed by atoms with E-state index in [1.54, 1.807) is 0 Å². The van der Waals surface area contributed by atoms with Gasteiger partial charge in [0, 0.05) is 5.69 Å². The van der Waals surface area contributed by atoms with Crippen LogP contribution in [-0.2, 0) is 0 Å². The van der Waals surface area contributed by atoms with Crippen LogP contribution in [0.3, 0.4) is 0 Å². The van der Waals surface area contributed by atoms with E-state index in [1.807, 2.05) is 13.0 Å². The number of aryl methyl sites for hydroxylation is 1. The van der Waals surface area contributed by atoms with Crippen LogP contribution >= 0.6 is 23.1 Å². The van der Waals surface area contributed by atoms with E-state index in [0.29, 0.717) is 5.13 Å².